The second-order valence-corrected chi connectivity index (χ2v) is 5.63. The average Bonchev–Trinajstić information content (AvgIpc) is 2.55. The molecule has 1 atom stereocenters. The van der Waals surface area contributed by atoms with Gasteiger partial charge in [0.2, 0.25) is 5.91 Å². The molecule has 0 saturated carbocycles. The van der Waals surface area contributed by atoms with Crippen molar-refractivity contribution in [2.45, 2.75) is 12.5 Å². The van der Waals surface area contributed by atoms with Crippen LogP contribution in [0.4, 0.5) is 0 Å². The predicted octanol–water partition coefficient (Wildman–Crippen LogP) is 3.62. The monoisotopic (exact) mass is 348 g/mol. The van der Waals surface area contributed by atoms with Gasteiger partial charge in [-0.1, -0.05) is 41.4 Å². The minimum absolute atomic E-state index is 0.0480. The Hall–Kier alpha value is -2.22. The maximum Gasteiger partial charge on any atom is 0.225 e. The number of nitrogens with zero attached hydrogens (tertiary/aromatic N) is 1. The van der Waals surface area contributed by atoms with Crippen molar-refractivity contribution in [2.75, 3.05) is 6.61 Å². The molecule has 0 heterocycles. The van der Waals surface area contributed by atoms with E-state index in [4.69, 9.17) is 33.2 Å². The summed E-state index contributed by atoms with van der Waals surface area (Å²) < 4.78 is 5.47. The molecule has 2 rings (SSSR count). The lowest BCUT2D eigenvalue weighted by molar-refractivity contribution is -0.121. The maximum absolute atomic E-state index is 12.0. The van der Waals surface area contributed by atoms with Crippen LogP contribution in [0, 0.1) is 11.3 Å². The number of carbonyl (C=O) groups is 1. The summed E-state index contributed by atoms with van der Waals surface area (Å²) in [5.74, 6) is 0.291. The van der Waals surface area contributed by atoms with E-state index in [1.54, 1.807) is 48.5 Å². The topological polar surface area (TPSA) is 62.1 Å². The van der Waals surface area contributed by atoms with Gasteiger partial charge in [0.1, 0.15) is 12.4 Å². The van der Waals surface area contributed by atoms with E-state index >= 15 is 0 Å². The van der Waals surface area contributed by atoms with Crippen LogP contribution in [0.15, 0.2) is 48.5 Å². The maximum atomic E-state index is 12.0. The van der Waals surface area contributed by atoms with Crippen molar-refractivity contribution >= 4 is 29.1 Å². The van der Waals surface area contributed by atoms with Crippen molar-refractivity contribution in [3.8, 4) is 11.8 Å². The molecule has 1 unspecified atom stereocenters. The van der Waals surface area contributed by atoms with Crippen molar-refractivity contribution in [2.24, 2.45) is 0 Å². The summed E-state index contributed by atoms with van der Waals surface area (Å²) in [5.41, 5.74) is 0.710. The van der Waals surface area contributed by atoms with Crippen molar-refractivity contribution in [3.05, 3.63) is 64.1 Å². The molecule has 0 aliphatic heterocycles. The largest absolute Gasteiger partial charge is 0.490 e. The molecule has 0 saturated heterocycles. The van der Waals surface area contributed by atoms with Gasteiger partial charge >= 0.3 is 0 Å². The molecule has 0 aliphatic carbocycles. The number of carbonyl (C=O) groups excluding carboxylic acids is 1. The number of hydrogen-bond acceptors (Lipinski definition) is 3. The second kappa shape index (κ2) is 8.42. The molecule has 0 aliphatic rings. The molecule has 2 aromatic rings. The van der Waals surface area contributed by atoms with Gasteiger partial charge < -0.3 is 10.1 Å². The Labute approximate surface area is 144 Å². The van der Waals surface area contributed by atoms with Crippen LogP contribution in [-0.4, -0.2) is 18.6 Å². The van der Waals surface area contributed by atoms with E-state index in [1.807, 2.05) is 6.07 Å². The van der Waals surface area contributed by atoms with Crippen molar-refractivity contribution in [1.29, 1.82) is 5.26 Å². The molecule has 1 amide bonds. The molecule has 2 aromatic carbocycles. The number of halogens is 2. The van der Waals surface area contributed by atoms with E-state index in [1.165, 1.54) is 0 Å². The molecule has 0 spiro atoms. The van der Waals surface area contributed by atoms with E-state index in [9.17, 15) is 4.79 Å². The van der Waals surface area contributed by atoms with Gasteiger partial charge in [-0.3, -0.25) is 4.79 Å². The third-order valence-corrected chi connectivity index (χ3v) is 3.65. The zero-order chi connectivity index (χ0) is 16.7. The normalized spacial score (nSPS) is 11.3. The van der Waals surface area contributed by atoms with Gasteiger partial charge in [0.25, 0.3) is 0 Å². The van der Waals surface area contributed by atoms with Gasteiger partial charge in [0.05, 0.1) is 12.5 Å². The van der Waals surface area contributed by atoms with Gasteiger partial charge in [0, 0.05) is 10.0 Å². The van der Waals surface area contributed by atoms with Crippen molar-refractivity contribution in [3.63, 3.8) is 0 Å². The standard InChI is InChI=1S/C17H14Cl2N2O2/c18-13-5-7-15(8-6-13)23-11-14(10-20)21-17(22)9-12-3-1-2-4-16(12)19/h1-8,14H,9,11H2,(H,21,22). The summed E-state index contributed by atoms with van der Waals surface area (Å²) in [7, 11) is 0. The quantitative estimate of drug-likeness (QED) is 0.866. The minimum Gasteiger partial charge on any atom is -0.490 e. The highest BCUT2D eigenvalue weighted by Crippen LogP contribution is 2.16. The highest BCUT2D eigenvalue weighted by molar-refractivity contribution is 6.31. The zero-order valence-corrected chi connectivity index (χ0v) is 13.6. The third kappa shape index (κ3) is 5.48. The molecule has 0 fully saturated rings. The number of amides is 1. The SMILES string of the molecule is N#CC(COc1ccc(Cl)cc1)NC(=O)Cc1ccccc1Cl. The summed E-state index contributed by atoms with van der Waals surface area (Å²) >= 11 is 11.8. The molecule has 4 nitrogen and oxygen atoms in total. The Kier molecular flexibility index (Phi) is 6.28. The smallest absolute Gasteiger partial charge is 0.225 e. The highest BCUT2D eigenvalue weighted by Gasteiger charge is 2.14. The molecule has 23 heavy (non-hydrogen) atoms. The molecule has 0 radical (unpaired) electrons. The van der Waals surface area contributed by atoms with Crippen LogP contribution in [0.3, 0.4) is 0 Å². The minimum atomic E-state index is -0.749. The Morgan fingerprint density at radius 1 is 1.17 bits per heavy atom. The average molecular weight is 349 g/mol. The summed E-state index contributed by atoms with van der Waals surface area (Å²) in [4.78, 5) is 12.0. The van der Waals surface area contributed by atoms with Gasteiger partial charge in [-0.25, -0.2) is 0 Å². The number of nitriles is 1. The van der Waals surface area contributed by atoms with Crippen LogP contribution in [0.1, 0.15) is 5.56 Å². The van der Waals surface area contributed by atoms with Crippen LogP contribution in [-0.2, 0) is 11.2 Å². The summed E-state index contributed by atoms with van der Waals surface area (Å²) in [6.45, 7) is 0.0480. The Bertz CT molecular complexity index is 711. The van der Waals surface area contributed by atoms with Crippen LogP contribution < -0.4 is 10.1 Å². The van der Waals surface area contributed by atoms with E-state index in [2.05, 4.69) is 5.32 Å². The van der Waals surface area contributed by atoms with Crippen LogP contribution in [0.2, 0.25) is 10.0 Å². The predicted molar refractivity (Wildman–Crippen MR) is 89.6 cm³/mol. The summed E-state index contributed by atoms with van der Waals surface area (Å²) in [6, 6.07) is 15.1. The number of rotatable bonds is 6. The molecular weight excluding hydrogens is 335 g/mol. The Morgan fingerprint density at radius 2 is 1.87 bits per heavy atom. The Balaban J connectivity index is 1.86. The van der Waals surface area contributed by atoms with Crippen LogP contribution >= 0.6 is 23.2 Å². The van der Waals surface area contributed by atoms with Crippen LogP contribution in [0.5, 0.6) is 5.75 Å². The fourth-order valence-electron chi connectivity index (χ4n) is 1.88. The van der Waals surface area contributed by atoms with E-state index < -0.39 is 6.04 Å². The zero-order valence-electron chi connectivity index (χ0n) is 12.1. The lowest BCUT2D eigenvalue weighted by Crippen LogP contribution is -2.38. The molecule has 118 valence electrons. The van der Waals surface area contributed by atoms with E-state index in [0.717, 1.165) is 0 Å². The summed E-state index contributed by atoms with van der Waals surface area (Å²) in [5, 5.41) is 12.9. The fourth-order valence-corrected chi connectivity index (χ4v) is 2.21. The number of hydrogen-bond donors (Lipinski definition) is 1. The number of nitrogens with one attached hydrogen (secondary N) is 1. The first kappa shape index (κ1) is 17.1. The second-order valence-electron chi connectivity index (χ2n) is 4.78. The van der Waals surface area contributed by atoms with Crippen molar-refractivity contribution in [1.82, 2.24) is 5.32 Å². The number of ether oxygens (including phenoxy) is 1. The van der Waals surface area contributed by atoms with Gasteiger partial charge in [-0.2, -0.15) is 5.26 Å². The first-order valence-corrected chi connectivity index (χ1v) is 7.65. The molecular formula is C17H14Cl2N2O2. The molecule has 0 aromatic heterocycles. The molecule has 0 bridgehead atoms. The Morgan fingerprint density at radius 3 is 2.52 bits per heavy atom. The van der Waals surface area contributed by atoms with Gasteiger partial charge in [-0.05, 0) is 35.9 Å². The third-order valence-electron chi connectivity index (χ3n) is 3.03. The number of benzene rings is 2. The first-order valence-electron chi connectivity index (χ1n) is 6.89. The van der Waals surface area contributed by atoms with Gasteiger partial charge in [0.15, 0.2) is 6.04 Å². The lowest BCUT2D eigenvalue weighted by atomic mass is 10.1. The lowest BCUT2D eigenvalue weighted by Gasteiger charge is -2.13. The van der Waals surface area contributed by atoms with E-state index in [-0.39, 0.29) is 18.9 Å². The van der Waals surface area contributed by atoms with Gasteiger partial charge in [-0.15, -0.1) is 0 Å². The van der Waals surface area contributed by atoms with Crippen molar-refractivity contribution < 1.29 is 9.53 Å². The highest BCUT2D eigenvalue weighted by atomic mass is 35.5. The fraction of sp³-hybridized carbons (Fsp3) is 0.176. The summed E-state index contributed by atoms with van der Waals surface area (Å²) in [6.07, 6.45) is 0.110. The van der Waals surface area contributed by atoms with Crippen LogP contribution in [0.25, 0.3) is 0 Å². The van der Waals surface area contributed by atoms with E-state index in [0.29, 0.717) is 21.4 Å². The molecule has 6 heteroatoms. The first-order chi connectivity index (χ1) is 11.1. The molecule has 1 N–H and O–H groups in total.